The van der Waals surface area contributed by atoms with Gasteiger partial charge in [-0.15, -0.1) is 0 Å². The Bertz CT molecular complexity index is 80.9. The first-order chi connectivity index (χ1) is 2.89. The molecule has 0 fully saturated rings. The van der Waals surface area contributed by atoms with Gasteiger partial charge in [0.25, 0.3) is 0 Å². The average Bonchev–Trinajstić information content (AvgIpc) is 1.86. The fraction of sp³-hybridized carbons (Fsp3) is 0.333. The predicted octanol–water partition coefficient (Wildman–Crippen LogP) is 0.773. The highest BCUT2D eigenvalue weighted by molar-refractivity contribution is 6.66. The Morgan fingerprint density at radius 1 is 2.00 bits per heavy atom. The fourth-order valence-corrected chi connectivity index (χ4v) is 0.341. The molecule has 0 N–H and O–H groups in total. The molecule has 0 unspecified atom stereocenters. The molecular formula is C3H3ClNO. The summed E-state index contributed by atoms with van der Waals surface area (Å²) >= 11 is 5.31. The second-order valence-electron chi connectivity index (χ2n) is 0.922. The van der Waals surface area contributed by atoms with Gasteiger partial charge >= 0.3 is 0 Å². The zero-order valence-electron chi connectivity index (χ0n) is 3.02. The van der Waals surface area contributed by atoms with Crippen molar-refractivity contribution >= 4 is 16.8 Å². The van der Waals surface area contributed by atoms with Gasteiger partial charge in [-0.25, -0.2) is 4.99 Å². The van der Waals surface area contributed by atoms with E-state index < -0.39 is 0 Å². The van der Waals surface area contributed by atoms with Gasteiger partial charge in [-0.2, -0.15) is 0 Å². The highest BCUT2D eigenvalue weighted by Crippen LogP contribution is 1.99. The predicted molar refractivity (Wildman–Crippen MR) is 23.5 cm³/mol. The minimum atomic E-state index is 0.446. The van der Waals surface area contributed by atoms with Gasteiger partial charge in [-0.05, 0) is 0 Å². The minimum absolute atomic E-state index is 0.446. The molecule has 0 aromatic heterocycles. The number of rotatable bonds is 0. The molecule has 0 amide bonds. The van der Waals surface area contributed by atoms with Crippen LogP contribution in [0.3, 0.4) is 0 Å². The first-order valence-electron chi connectivity index (χ1n) is 1.55. The first-order valence-corrected chi connectivity index (χ1v) is 1.93. The molecule has 3 heteroatoms. The van der Waals surface area contributed by atoms with E-state index >= 15 is 0 Å². The van der Waals surface area contributed by atoms with Gasteiger partial charge < -0.3 is 4.74 Å². The van der Waals surface area contributed by atoms with Gasteiger partial charge in [0.05, 0.1) is 0 Å². The Balaban J connectivity index is 2.45. The van der Waals surface area contributed by atoms with Crippen LogP contribution in [0.5, 0.6) is 0 Å². The van der Waals surface area contributed by atoms with E-state index in [1.807, 2.05) is 0 Å². The number of ether oxygens (including phenoxy) is 1. The smallest absolute Gasteiger partial charge is 0.196 e. The Morgan fingerprint density at radius 3 is 3.00 bits per heavy atom. The Morgan fingerprint density at radius 2 is 2.83 bits per heavy atom. The normalized spacial score (nSPS) is 21.2. The lowest BCUT2D eigenvalue weighted by molar-refractivity contribution is 0.267. The van der Waals surface area contributed by atoms with Gasteiger partial charge in [0, 0.05) is 0 Å². The van der Waals surface area contributed by atoms with E-state index in [1.165, 1.54) is 6.73 Å². The molecule has 1 radical (unpaired) electrons. The third-order valence-corrected chi connectivity index (χ3v) is 0.676. The van der Waals surface area contributed by atoms with Crippen LogP contribution < -0.4 is 0 Å². The van der Waals surface area contributed by atoms with Crippen molar-refractivity contribution in [2.45, 2.75) is 0 Å². The zero-order chi connectivity index (χ0) is 4.41. The van der Waals surface area contributed by atoms with E-state index in [2.05, 4.69) is 9.73 Å². The van der Waals surface area contributed by atoms with Crippen LogP contribution in [0.1, 0.15) is 0 Å². The molecule has 0 atom stereocenters. The van der Waals surface area contributed by atoms with Crippen molar-refractivity contribution in [3.63, 3.8) is 0 Å². The minimum Gasteiger partial charge on any atom is -0.344 e. The van der Waals surface area contributed by atoms with Gasteiger partial charge in [-0.1, -0.05) is 11.6 Å². The molecule has 0 saturated carbocycles. The van der Waals surface area contributed by atoms with Gasteiger partial charge in [-0.3, -0.25) is 0 Å². The molecule has 2 nitrogen and oxygen atoms in total. The summed E-state index contributed by atoms with van der Waals surface area (Å²) in [7, 11) is 0. The van der Waals surface area contributed by atoms with Crippen LogP contribution in [0.25, 0.3) is 0 Å². The van der Waals surface area contributed by atoms with Gasteiger partial charge in [0.1, 0.15) is 11.8 Å². The molecule has 0 bridgehead atoms. The Kier molecular flexibility index (Phi) is 1.08. The maximum atomic E-state index is 5.31. The van der Waals surface area contributed by atoms with Crippen LogP contribution in [-0.2, 0) is 4.74 Å². The highest BCUT2D eigenvalue weighted by Gasteiger charge is 1.99. The highest BCUT2D eigenvalue weighted by atomic mass is 35.5. The maximum absolute atomic E-state index is 5.31. The second kappa shape index (κ2) is 1.58. The van der Waals surface area contributed by atoms with E-state index in [1.54, 1.807) is 0 Å². The maximum Gasteiger partial charge on any atom is 0.196 e. The number of halogens is 1. The summed E-state index contributed by atoms with van der Waals surface area (Å²) < 4.78 is 4.60. The molecule has 1 aliphatic heterocycles. The summed E-state index contributed by atoms with van der Waals surface area (Å²) in [4.78, 5) is 3.57. The monoisotopic (exact) mass is 104 g/mol. The summed E-state index contributed by atoms with van der Waals surface area (Å²) in [6, 6.07) is 0. The van der Waals surface area contributed by atoms with Crippen LogP contribution in [0.2, 0.25) is 0 Å². The molecular weight excluding hydrogens is 101 g/mol. The summed E-state index contributed by atoms with van der Waals surface area (Å²) in [6.45, 7) is 1.78. The standard InChI is InChI=1S/C3H3ClNO/c4-3-1-6-2-5-3/h2H,1H2. The third kappa shape index (κ3) is 0.698. The first kappa shape index (κ1) is 4.09. The second-order valence-corrected chi connectivity index (χ2v) is 1.36. The summed E-state index contributed by atoms with van der Waals surface area (Å²) in [5, 5.41) is 0.523. The molecule has 1 aliphatic rings. The van der Waals surface area contributed by atoms with E-state index in [9.17, 15) is 0 Å². The SMILES string of the molecule is ClC1=N[CH]OC1. The number of hydrogen-bond donors (Lipinski definition) is 0. The fourth-order valence-electron chi connectivity index (χ4n) is 0.238. The average molecular weight is 105 g/mol. The van der Waals surface area contributed by atoms with Crippen molar-refractivity contribution in [2.24, 2.45) is 4.99 Å². The molecule has 0 aromatic rings. The molecule has 1 heterocycles. The van der Waals surface area contributed by atoms with Crippen molar-refractivity contribution < 1.29 is 4.74 Å². The van der Waals surface area contributed by atoms with Gasteiger partial charge in [0.2, 0.25) is 0 Å². The van der Waals surface area contributed by atoms with Crippen molar-refractivity contribution in [2.75, 3.05) is 6.61 Å². The molecule has 0 saturated heterocycles. The van der Waals surface area contributed by atoms with E-state index in [4.69, 9.17) is 11.6 Å². The van der Waals surface area contributed by atoms with Crippen molar-refractivity contribution in [1.82, 2.24) is 0 Å². The summed E-state index contributed by atoms with van der Waals surface area (Å²) in [6.07, 6.45) is 0. The molecule has 0 spiro atoms. The number of aliphatic imine (C=N–C) groups is 1. The van der Waals surface area contributed by atoms with Crippen molar-refractivity contribution in [3.05, 3.63) is 6.73 Å². The Labute approximate surface area is 40.8 Å². The van der Waals surface area contributed by atoms with Crippen molar-refractivity contribution in [3.8, 4) is 0 Å². The molecule has 0 aromatic carbocycles. The van der Waals surface area contributed by atoms with Crippen molar-refractivity contribution in [1.29, 1.82) is 0 Å². The number of hydrogen-bond acceptors (Lipinski definition) is 2. The van der Waals surface area contributed by atoms with E-state index in [-0.39, 0.29) is 0 Å². The van der Waals surface area contributed by atoms with E-state index in [0.29, 0.717) is 11.8 Å². The van der Waals surface area contributed by atoms with E-state index in [0.717, 1.165) is 0 Å². The molecule has 0 aliphatic carbocycles. The third-order valence-electron chi connectivity index (χ3n) is 0.470. The quantitative estimate of drug-likeness (QED) is 0.445. The largest absolute Gasteiger partial charge is 0.344 e. The Hall–Kier alpha value is -0.0800. The number of nitrogens with zero attached hydrogens (tertiary/aromatic N) is 1. The van der Waals surface area contributed by atoms with Crippen LogP contribution in [0, 0.1) is 6.73 Å². The summed E-state index contributed by atoms with van der Waals surface area (Å²) in [5.41, 5.74) is 0. The molecule has 33 valence electrons. The molecule has 6 heavy (non-hydrogen) atoms. The van der Waals surface area contributed by atoms with Crippen LogP contribution in [0.15, 0.2) is 4.99 Å². The lowest BCUT2D eigenvalue weighted by Crippen LogP contribution is -1.86. The molecule has 1 rings (SSSR count). The summed E-state index contributed by atoms with van der Waals surface area (Å²) in [5.74, 6) is 0. The zero-order valence-corrected chi connectivity index (χ0v) is 3.77. The lowest BCUT2D eigenvalue weighted by atomic mass is 10.8. The van der Waals surface area contributed by atoms with Crippen LogP contribution in [-0.4, -0.2) is 11.8 Å². The van der Waals surface area contributed by atoms with Crippen LogP contribution in [0.4, 0.5) is 0 Å². The van der Waals surface area contributed by atoms with Crippen LogP contribution >= 0.6 is 11.6 Å². The lowest BCUT2D eigenvalue weighted by Gasteiger charge is -1.76. The van der Waals surface area contributed by atoms with Gasteiger partial charge in [0.15, 0.2) is 6.73 Å². The topological polar surface area (TPSA) is 21.6 Å².